The maximum absolute atomic E-state index is 11.1. The molecule has 1 aliphatic rings. The molecule has 3 N–H and O–H groups in total. The second-order valence-electron chi connectivity index (χ2n) is 5.00. The zero-order chi connectivity index (χ0) is 13.9. The molecule has 0 radical (unpaired) electrons. The molecule has 0 unspecified atom stereocenters. The van der Waals surface area contributed by atoms with Gasteiger partial charge in [0.05, 0.1) is 11.0 Å². The Kier molecular flexibility index (Phi) is 3.37. The first-order valence-electron chi connectivity index (χ1n) is 6.74. The maximum atomic E-state index is 11.1. The molecule has 1 aromatic carbocycles. The van der Waals surface area contributed by atoms with E-state index in [2.05, 4.69) is 15.3 Å². The quantitative estimate of drug-likeness (QED) is 0.868. The first-order valence-corrected chi connectivity index (χ1v) is 6.74. The number of amides is 2. The molecule has 6 nitrogen and oxygen atoms in total. The summed E-state index contributed by atoms with van der Waals surface area (Å²) in [6.07, 6.45) is 5.19. The van der Waals surface area contributed by atoms with Crippen LogP contribution in [0, 0.1) is 0 Å². The molecule has 0 bridgehead atoms. The molecule has 2 heterocycles. The molecule has 1 fully saturated rings. The Hall–Kier alpha value is -2.37. The standard InChI is InChI=1S/C14H17N5O/c15-14(20)19-7-3-10(4-8-19)18-11-1-2-12-13(9-11)17-6-5-16-12/h1-2,5-6,9-10,18H,3-4,7-8H2,(H2,15,20). The van der Waals surface area contributed by atoms with Gasteiger partial charge >= 0.3 is 6.03 Å². The molecule has 3 rings (SSSR count). The summed E-state index contributed by atoms with van der Waals surface area (Å²) in [7, 11) is 0. The van der Waals surface area contributed by atoms with E-state index in [1.165, 1.54) is 0 Å². The molecule has 20 heavy (non-hydrogen) atoms. The molecule has 2 amide bonds. The van der Waals surface area contributed by atoms with Crippen LogP contribution in [0.2, 0.25) is 0 Å². The summed E-state index contributed by atoms with van der Waals surface area (Å²) in [5.74, 6) is 0. The number of aromatic nitrogens is 2. The number of piperidine rings is 1. The van der Waals surface area contributed by atoms with Crippen LogP contribution in [0.25, 0.3) is 11.0 Å². The topological polar surface area (TPSA) is 84.1 Å². The number of urea groups is 1. The number of nitrogens with two attached hydrogens (primary N) is 1. The monoisotopic (exact) mass is 271 g/mol. The van der Waals surface area contributed by atoms with Crippen molar-refractivity contribution in [2.24, 2.45) is 5.73 Å². The van der Waals surface area contributed by atoms with Crippen LogP contribution in [0.15, 0.2) is 30.6 Å². The van der Waals surface area contributed by atoms with Crippen molar-refractivity contribution in [1.82, 2.24) is 14.9 Å². The highest BCUT2D eigenvalue weighted by molar-refractivity contribution is 5.78. The van der Waals surface area contributed by atoms with Crippen molar-refractivity contribution in [2.45, 2.75) is 18.9 Å². The Bertz CT molecular complexity index is 622. The van der Waals surface area contributed by atoms with Crippen molar-refractivity contribution in [3.05, 3.63) is 30.6 Å². The summed E-state index contributed by atoms with van der Waals surface area (Å²) in [4.78, 5) is 21.3. The zero-order valence-electron chi connectivity index (χ0n) is 11.1. The van der Waals surface area contributed by atoms with Crippen molar-refractivity contribution in [3.8, 4) is 0 Å². The van der Waals surface area contributed by atoms with Gasteiger partial charge < -0.3 is 16.0 Å². The summed E-state index contributed by atoms with van der Waals surface area (Å²) < 4.78 is 0. The molecule has 6 heteroatoms. The van der Waals surface area contributed by atoms with E-state index in [1.54, 1.807) is 17.3 Å². The number of carbonyl (C=O) groups is 1. The Morgan fingerprint density at radius 1 is 1.20 bits per heavy atom. The van der Waals surface area contributed by atoms with Gasteiger partial charge in [0, 0.05) is 37.2 Å². The molecular weight excluding hydrogens is 254 g/mol. The smallest absolute Gasteiger partial charge is 0.314 e. The Morgan fingerprint density at radius 3 is 2.60 bits per heavy atom. The summed E-state index contributed by atoms with van der Waals surface area (Å²) in [5.41, 5.74) is 8.09. The maximum Gasteiger partial charge on any atom is 0.314 e. The Balaban J connectivity index is 1.66. The number of anilines is 1. The molecule has 1 aromatic heterocycles. The van der Waals surface area contributed by atoms with Crippen LogP contribution in [-0.2, 0) is 0 Å². The lowest BCUT2D eigenvalue weighted by atomic mass is 10.0. The normalized spacial score (nSPS) is 16.3. The lowest BCUT2D eigenvalue weighted by Gasteiger charge is -2.31. The third-order valence-electron chi connectivity index (χ3n) is 3.65. The van der Waals surface area contributed by atoms with Gasteiger partial charge in [0.2, 0.25) is 0 Å². The van der Waals surface area contributed by atoms with Gasteiger partial charge in [-0.1, -0.05) is 0 Å². The molecule has 104 valence electrons. The summed E-state index contributed by atoms with van der Waals surface area (Å²) in [6, 6.07) is 6.01. The fraction of sp³-hybridized carbons (Fsp3) is 0.357. The van der Waals surface area contributed by atoms with Crippen molar-refractivity contribution >= 4 is 22.8 Å². The molecule has 1 saturated heterocycles. The van der Waals surface area contributed by atoms with Crippen LogP contribution in [0.4, 0.5) is 10.5 Å². The minimum Gasteiger partial charge on any atom is -0.382 e. The minimum atomic E-state index is -0.329. The number of nitrogens with zero attached hydrogens (tertiary/aromatic N) is 3. The van der Waals surface area contributed by atoms with Gasteiger partial charge in [-0.3, -0.25) is 9.97 Å². The van der Waals surface area contributed by atoms with Gasteiger partial charge in [-0.2, -0.15) is 0 Å². The highest BCUT2D eigenvalue weighted by Crippen LogP contribution is 2.19. The number of nitrogens with one attached hydrogen (secondary N) is 1. The zero-order valence-corrected chi connectivity index (χ0v) is 11.1. The van der Waals surface area contributed by atoms with E-state index in [9.17, 15) is 4.79 Å². The van der Waals surface area contributed by atoms with Gasteiger partial charge in [-0.15, -0.1) is 0 Å². The molecule has 0 spiro atoms. The van der Waals surface area contributed by atoms with Crippen LogP contribution in [0.3, 0.4) is 0 Å². The van der Waals surface area contributed by atoms with Gasteiger partial charge in [0.1, 0.15) is 0 Å². The van der Waals surface area contributed by atoms with Gasteiger partial charge in [0.25, 0.3) is 0 Å². The fourth-order valence-corrected chi connectivity index (χ4v) is 2.53. The number of benzene rings is 1. The van der Waals surface area contributed by atoms with E-state index < -0.39 is 0 Å². The van der Waals surface area contributed by atoms with E-state index in [0.717, 1.165) is 29.6 Å². The first-order chi connectivity index (χ1) is 9.72. The van der Waals surface area contributed by atoms with E-state index in [4.69, 9.17) is 5.73 Å². The number of hydrogen-bond donors (Lipinski definition) is 2. The predicted molar refractivity (Wildman–Crippen MR) is 77.3 cm³/mol. The van der Waals surface area contributed by atoms with Crippen LogP contribution in [0.1, 0.15) is 12.8 Å². The molecule has 0 atom stereocenters. The fourth-order valence-electron chi connectivity index (χ4n) is 2.53. The number of carbonyl (C=O) groups excluding carboxylic acids is 1. The average molecular weight is 271 g/mol. The van der Waals surface area contributed by atoms with E-state index in [-0.39, 0.29) is 6.03 Å². The SMILES string of the molecule is NC(=O)N1CCC(Nc2ccc3nccnc3c2)CC1. The lowest BCUT2D eigenvalue weighted by molar-refractivity contribution is 0.193. The molecule has 0 aliphatic carbocycles. The van der Waals surface area contributed by atoms with Crippen molar-refractivity contribution in [1.29, 1.82) is 0 Å². The van der Waals surface area contributed by atoms with Crippen molar-refractivity contribution in [3.63, 3.8) is 0 Å². The lowest BCUT2D eigenvalue weighted by Crippen LogP contribution is -2.44. The minimum absolute atomic E-state index is 0.329. The van der Waals surface area contributed by atoms with Gasteiger partial charge in [0.15, 0.2) is 0 Å². The third kappa shape index (κ3) is 2.64. The predicted octanol–water partition coefficient (Wildman–Crippen LogP) is 1.58. The highest BCUT2D eigenvalue weighted by atomic mass is 16.2. The number of hydrogen-bond acceptors (Lipinski definition) is 4. The van der Waals surface area contributed by atoms with E-state index in [0.29, 0.717) is 19.1 Å². The van der Waals surface area contributed by atoms with Crippen LogP contribution in [0.5, 0.6) is 0 Å². The van der Waals surface area contributed by atoms with E-state index in [1.807, 2.05) is 18.2 Å². The third-order valence-corrected chi connectivity index (χ3v) is 3.65. The van der Waals surface area contributed by atoms with Crippen molar-refractivity contribution < 1.29 is 4.79 Å². The van der Waals surface area contributed by atoms with Crippen LogP contribution >= 0.6 is 0 Å². The van der Waals surface area contributed by atoms with Gasteiger partial charge in [-0.05, 0) is 31.0 Å². The Morgan fingerprint density at radius 2 is 1.90 bits per heavy atom. The second-order valence-corrected chi connectivity index (χ2v) is 5.00. The summed E-state index contributed by atoms with van der Waals surface area (Å²) in [5, 5.41) is 3.49. The number of rotatable bonds is 2. The largest absolute Gasteiger partial charge is 0.382 e. The molecule has 0 saturated carbocycles. The van der Waals surface area contributed by atoms with Gasteiger partial charge in [-0.25, -0.2) is 4.79 Å². The molecular formula is C14H17N5O. The van der Waals surface area contributed by atoms with E-state index >= 15 is 0 Å². The van der Waals surface area contributed by atoms with Crippen molar-refractivity contribution in [2.75, 3.05) is 18.4 Å². The number of fused-ring (bicyclic) bond motifs is 1. The number of likely N-dealkylation sites (tertiary alicyclic amines) is 1. The number of primary amides is 1. The first kappa shape index (κ1) is 12.7. The van der Waals surface area contributed by atoms with Crippen LogP contribution in [-0.4, -0.2) is 40.0 Å². The summed E-state index contributed by atoms with van der Waals surface area (Å²) in [6.45, 7) is 1.42. The highest BCUT2D eigenvalue weighted by Gasteiger charge is 2.20. The summed E-state index contributed by atoms with van der Waals surface area (Å²) >= 11 is 0. The molecule has 2 aromatic rings. The molecule has 1 aliphatic heterocycles. The average Bonchev–Trinajstić information content (AvgIpc) is 2.48. The second kappa shape index (κ2) is 5.32. The Labute approximate surface area is 117 Å². The van der Waals surface area contributed by atoms with Crippen LogP contribution < -0.4 is 11.1 Å².